The average molecular weight is 515 g/mol. The predicted octanol–water partition coefficient (Wildman–Crippen LogP) is -1.29. The van der Waals surface area contributed by atoms with Crippen molar-refractivity contribution >= 4 is 42.2 Å². The van der Waals surface area contributed by atoms with E-state index in [9.17, 15) is 29.3 Å². The Hall–Kier alpha value is -3.20. The summed E-state index contributed by atoms with van der Waals surface area (Å²) in [5.41, 5.74) is 3.91. The molecule has 1 unspecified atom stereocenters. The third-order valence-electron chi connectivity index (χ3n) is 4.76. The van der Waals surface area contributed by atoms with Crippen LogP contribution in [0.15, 0.2) is 12.4 Å². The summed E-state index contributed by atoms with van der Waals surface area (Å²) < 4.78 is 1.27. The highest BCUT2D eigenvalue weighted by Gasteiger charge is 2.37. The number of hydrogen-bond acceptors (Lipinski definition) is 9. The van der Waals surface area contributed by atoms with Crippen molar-refractivity contribution in [2.24, 2.45) is 11.1 Å². The molecule has 35 heavy (non-hydrogen) atoms. The van der Waals surface area contributed by atoms with Crippen molar-refractivity contribution in [1.29, 1.82) is 0 Å². The number of aromatic nitrogens is 2. The molecule has 1 aromatic rings. The minimum Gasteiger partial charge on any atom is -0.390 e. The van der Waals surface area contributed by atoms with Gasteiger partial charge in [-0.05, 0) is 24.2 Å². The van der Waals surface area contributed by atoms with Gasteiger partial charge in [-0.15, -0.1) is 0 Å². The van der Waals surface area contributed by atoms with Crippen molar-refractivity contribution in [3.63, 3.8) is 0 Å². The normalized spacial score (nSPS) is 13.3. The van der Waals surface area contributed by atoms with Crippen LogP contribution in [0.1, 0.15) is 34.6 Å². The largest absolute Gasteiger partial charge is 0.434 e. The molecule has 1 rings (SSSR count). The lowest BCUT2D eigenvalue weighted by molar-refractivity contribution is -0.396. The van der Waals surface area contributed by atoms with Crippen LogP contribution in [0.5, 0.6) is 0 Å². The van der Waals surface area contributed by atoms with Gasteiger partial charge in [-0.25, -0.2) is 4.57 Å². The molecule has 0 aliphatic heterocycles. The summed E-state index contributed by atoms with van der Waals surface area (Å²) in [6, 6.07) is -2.05. The Morgan fingerprint density at radius 1 is 1.14 bits per heavy atom. The summed E-state index contributed by atoms with van der Waals surface area (Å²) in [5, 5.41) is 20.9. The summed E-state index contributed by atoms with van der Waals surface area (Å²) in [5.74, 6) is -2.72. The number of hydrogen-bond donors (Lipinski definition) is 6. The summed E-state index contributed by atoms with van der Waals surface area (Å²) in [4.78, 5) is 63.5. The highest BCUT2D eigenvalue weighted by molar-refractivity contribution is 7.80. The molecule has 0 saturated heterocycles. The van der Waals surface area contributed by atoms with E-state index in [1.165, 1.54) is 30.8 Å². The van der Waals surface area contributed by atoms with Crippen LogP contribution in [-0.2, 0) is 25.7 Å². The molecule has 1 aromatic heterocycles. The molecule has 15 heteroatoms. The fraction of sp³-hybridized carbons (Fsp3) is 0.650. The first-order valence-corrected chi connectivity index (χ1v) is 11.4. The zero-order valence-electron chi connectivity index (χ0n) is 20.5. The first kappa shape index (κ1) is 29.8. The summed E-state index contributed by atoms with van der Waals surface area (Å²) in [6.07, 6.45) is 2.69. The molecule has 0 spiro atoms. The van der Waals surface area contributed by atoms with Crippen LogP contribution < -0.4 is 27.0 Å². The van der Waals surface area contributed by atoms with Crippen LogP contribution in [-0.4, -0.2) is 74.6 Å². The molecule has 14 nitrogen and oxygen atoms in total. The third kappa shape index (κ3) is 9.52. The van der Waals surface area contributed by atoms with Crippen LogP contribution >= 0.6 is 12.6 Å². The molecule has 0 radical (unpaired) electrons. The Kier molecular flexibility index (Phi) is 10.6. The van der Waals surface area contributed by atoms with E-state index in [1.807, 2.05) is 0 Å². The van der Waals surface area contributed by atoms with Crippen LogP contribution in [0, 0.1) is 15.5 Å². The average Bonchev–Trinajstić information content (AvgIpc) is 3.21. The predicted molar refractivity (Wildman–Crippen MR) is 130 cm³/mol. The zero-order chi connectivity index (χ0) is 27.0. The number of amides is 4. The van der Waals surface area contributed by atoms with Crippen molar-refractivity contribution in [2.45, 2.75) is 58.8 Å². The molecule has 6 N–H and O–H groups in total. The van der Waals surface area contributed by atoms with E-state index >= 15 is 0 Å². The molecular weight excluding hydrogens is 480 g/mol. The van der Waals surface area contributed by atoms with Crippen LogP contribution in [0.2, 0.25) is 0 Å². The van der Waals surface area contributed by atoms with Crippen molar-refractivity contribution in [3.8, 4) is 0 Å². The van der Waals surface area contributed by atoms with E-state index in [2.05, 4.69) is 38.9 Å². The van der Waals surface area contributed by atoms with Gasteiger partial charge in [-0.3, -0.25) is 19.2 Å². The number of nitro groups is 1. The molecule has 0 aliphatic carbocycles. The van der Waals surface area contributed by atoms with Gasteiger partial charge >= 0.3 is 5.95 Å². The SMILES string of the molecule is CC(C)(N)C(=O)NC(C(=O)N[C@@H](CS)C(=O)NCC(=O)NCCn1ccnc1[N+](=O)[O-])C(C)(C)C. The molecule has 0 bridgehead atoms. The lowest BCUT2D eigenvalue weighted by Crippen LogP contribution is -2.62. The maximum absolute atomic E-state index is 12.9. The van der Waals surface area contributed by atoms with Gasteiger partial charge in [0, 0.05) is 12.3 Å². The molecule has 0 aliphatic rings. The van der Waals surface area contributed by atoms with Crippen molar-refractivity contribution < 1.29 is 24.1 Å². The van der Waals surface area contributed by atoms with Crippen LogP contribution in [0.25, 0.3) is 0 Å². The molecule has 0 saturated carbocycles. The number of nitrogens with one attached hydrogen (secondary N) is 4. The summed E-state index contributed by atoms with van der Waals surface area (Å²) >= 11 is 4.10. The van der Waals surface area contributed by atoms with Gasteiger partial charge in [0.15, 0.2) is 0 Å². The lowest BCUT2D eigenvalue weighted by atomic mass is 9.85. The van der Waals surface area contributed by atoms with E-state index < -0.39 is 51.6 Å². The van der Waals surface area contributed by atoms with Gasteiger partial charge in [0.05, 0.1) is 18.6 Å². The molecular formula is C20H34N8O6S. The van der Waals surface area contributed by atoms with E-state index in [0.29, 0.717) is 0 Å². The highest BCUT2D eigenvalue weighted by atomic mass is 32.1. The van der Waals surface area contributed by atoms with E-state index in [0.717, 1.165) is 0 Å². The number of thiol groups is 1. The number of imidazole rings is 1. The number of rotatable bonds is 12. The number of nitrogens with zero attached hydrogens (tertiary/aromatic N) is 3. The molecule has 196 valence electrons. The van der Waals surface area contributed by atoms with E-state index in [4.69, 9.17) is 5.73 Å². The zero-order valence-corrected chi connectivity index (χ0v) is 21.3. The second-order valence-electron chi connectivity index (χ2n) is 9.48. The van der Waals surface area contributed by atoms with Gasteiger partial charge < -0.3 is 37.1 Å². The quantitative estimate of drug-likeness (QED) is 0.112. The Morgan fingerprint density at radius 3 is 2.29 bits per heavy atom. The minimum atomic E-state index is -1.21. The number of carbonyl (C=O) groups is 4. The molecule has 0 fully saturated rings. The van der Waals surface area contributed by atoms with Crippen molar-refractivity contribution in [3.05, 3.63) is 22.5 Å². The van der Waals surface area contributed by atoms with Crippen LogP contribution in [0.4, 0.5) is 5.95 Å². The van der Waals surface area contributed by atoms with Gasteiger partial charge in [-0.1, -0.05) is 25.8 Å². The standard InChI is InChI=1S/C20H34N8O6S/c1-19(2,3)14(26-17(32)20(4,5)21)16(31)25-12(11-35)15(30)24-10-13(29)22-6-8-27-9-7-23-18(27)28(33)34/h7,9,12,14,35H,6,8,10-11,21H2,1-5H3,(H,22,29)(H,24,30)(H,25,31)(H,26,32)/t12-,14?/m0/s1. The molecule has 1 heterocycles. The lowest BCUT2D eigenvalue weighted by Gasteiger charge is -2.33. The third-order valence-corrected chi connectivity index (χ3v) is 5.12. The van der Waals surface area contributed by atoms with Gasteiger partial charge in [0.1, 0.15) is 24.5 Å². The Bertz CT molecular complexity index is 937. The smallest absolute Gasteiger partial charge is 0.390 e. The maximum Gasteiger partial charge on any atom is 0.434 e. The molecule has 0 aromatic carbocycles. The maximum atomic E-state index is 12.9. The molecule has 4 amide bonds. The second kappa shape index (κ2) is 12.5. The number of carbonyl (C=O) groups excluding carboxylic acids is 4. The Labute approximate surface area is 208 Å². The van der Waals surface area contributed by atoms with Gasteiger partial charge in [0.25, 0.3) is 0 Å². The molecule has 2 atom stereocenters. The van der Waals surface area contributed by atoms with E-state index in [1.54, 1.807) is 20.8 Å². The van der Waals surface area contributed by atoms with Gasteiger partial charge in [-0.2, -0.15) is 12.6 Å². The topological polar surface area (TPSA) is 203 Å². The fourth-order valence-corrected chi connectivity index (χ4v) is 3.02. The van der Waals surface area contributed by atoms with Crippen molar-refractivity contribution in [2.75, 3.05) is 18.8 Å². The fourth-order valence-electron chi connectivity index (χ4n) is 2.76. The van der Waals surface area contributed by atoms with Gasteiger partial charge in [0.2, 0.25) is 23.6 Å². The van der Waals surface area contributed by atoms with Crippen molar-refractivity contribution in [1.82, 2.24) is 30.8 Å². The first-order chi connectivity index (χ1) is 16.1. The Balaban J connectivity index is 2.62. The van der Waals surface area contributed by atoms with E-state index in [-0.39, 0.29) is 31.3 Å². The Morgan fingerprint density at radius 2 is 1.77 bits per heavy atom. The number of nitrogens with two attached hydrogens (primary N) is 1. The minimum absolute atomic E-state index is 0.0588. The summed E-state index contributed by atoms with van der Waals surface area (Å²) in [7, 11) is 0. The first-order valence-electron chi connectivity index (χ1n) is 10.8. The summed E-state index contributed by atoms with van der Waals surface area (Å²) in [6.45, 7) is 8.07. The monoisotopic (exact) mass is 514 g/mol. The highest BCUT2D eigenvalue weighted by Crippen LogP contribution is 2.20. The second-order valence-corrected chi connectivity index (χ2v) is 9.85. The van der Waals surface area contributed by atoms with Crippen LogP contribution in [0.3, 0.4) is 0 Å².